The summed E-state index contributed by atoms with van der Waals surface area (Å²) in [5.41, 5.74) is 4.07. The molecule has 1 aromatic heterocycles. The second kappa shape index (κ2) is 11.8. The molecule has 0 aliphatic heterocycles. The zero-order valence-corrected chi connectivity index (χ0v) is 14.0. The van der Waals surface area contributed by atoms with E-state index < -0.39 is 0 Å². The van der Waals surface area contributed by atoms with E-state index in [1.54, 1.807) is 6.26 Å². The van der Waals surface area contributed by atoms with Gasteiger partial charge in [0, 0.05) is 0 Å². The Morgan fingerprint density at radius 1 is 1.00 bits per heavy atom. The van der Waals surface area contributed by atoms with Gasteiger partial charge < -0.3 is 4.42 Å². The molecule has 0 fully saturated rings. The monoisotopic (exact) mass is 294 g/mol. The van der Waals surface area contributed by atoms with Gasteiger partial charge in [-0.25, -0.2) is 5.43 Å². The van der Waals surface area contributed by atoms with Crippen molar-refractivity contribution in [2.45, 2.75) is 90.5 Å². The van der Waals surface area contributed by atoms with Gasteiger partial charge in [0.2, 0.25) is 0 Å². The van der Waals surface area contributed by atoms with E-state index in [9.17, 15) is 0 Å². The molecule has 3 nitrogen and oxygen atoms in total. The molecule has 1 aromatic rings. The number of aryl methyl sites for hydroxylation is 1. The van der Waals surface area contributed by atoms with Crippen molar-refractivity contribution >= 4 is 0 Å². The number of nitrogens with two attached hydrogens (primary N) is 1. The molecule has 0 saturated carbocycles. The van der Waals surface area contributed by atoms with Crippen molar-refractivity contribution in [2.75, 3.05) is 0 Å². The topological polar surface area (TPSA) is 51.2 Å². The van der Waals surface area contributed by atoms with Gasteiger partial charge in [-0.15, -0.1) is 0 Å². The Morgan fingerprint density at radius 3 is 2.05 bits per heavy atom. The molecule has 0 amide bonds. The van der Waals surface area contributed by atoms with Crippen LogP contribution in [-0.2, 0) is 0 Å². The van der Waals surface area contributed by atoms with Gasteiger partial charge in [-0.1, -0.05) is 71.1 Å². The summed E-state index contributed by atoms with van der Waals surface area (Å²) in [5, 5.41) is 0. The van der Waals surface area contributed by atoms with Crippen molar-refractivity contribution in [2.24, 2.45) is 5.84 Å². The van der Waals surface area contributed by atoms with Crippen LogP contribution in [0.2, 0.25) is 0 Å². The Kier molecular flexibility index (Phi) is 10.3. The molecule has 21 heavy (non-hydrogen) atoms. The van der Waals surface area contributed by atoms with Gasteiger partial charge in [0.25, 0.3) is 0 Å². The fourth-order valence-electron chi connectivity index (χ4n) is 2.87. The van der Waals surface area contributed by atoms with Gasteiger partial charge in [0.15, 0.2) is 0 Å². The van der Waals surface area contributed by atoms with Crippen LogP contribution >= 0.6 is 0 Å². The van der Waals surface area contributed by atoms with Gasteiger partial charge in [0.05, 0.1) is 12.3 Å². The minimum Gasteiger partial charge on any atom is -0.467 e. The Hall–Kier alpha value is -0.800. The average Bonchev–Trinajstić information content (AvgIpc) is 2.91. The molecule has 122 valence electrons. The van der Waals surface area contributed by atoms with Crippen molar-refractivity contribution in [3.8, 4) is 0 Å². The Labute approximate surface area is 130 Å². The molecular weight excluding hydrogens is 260 g/mol. The van der Waals surface area contributed by atoms with Crippen LogP contribution in [0.4, 0.5) is 0 Å². The number of unbranched alkanes of at least 4 members (excludes halogenated alkanes) is 9. The van der Waals surface area contributed by atoms with Crippen LogP contribution in [-0.4, -0.2) is 0 Å². The molecule has 0 radical (unpaired) electrons. The number of rotatable bonds is 13. The smallest absolute Gasteiger partial charge is 0.124 e. The summed E-state index contributed by atoms with van der Waals surface area (Å²) in [4.78, 5) is 0. The molecule has 0 saturated heterocycles. The molecule has 1 atom stereocenters. The minimum atomic E-state index is 0.161. The molecule has 0 spiro atoms. The highest BCUT2D eigenvalue weighted by atomic mass is 16.3. The highest BCUT2D eigenvalue weighted by Gasteiger charge is 2.14. The number of furan rings is 1. The lowest BCUT2D eigenvalue weighted by atomic mass is 10.0. The van der Waals surface area contributed by atoms with E-state index in [0.29, 0.717) is 0 Å². The second-order valence-electron chi connectivity index (χ2n) is 6.16. The van der Waals surface area contributed by atoms with Crippen LogP contribution in [0.5, 0.6) is 0 Å². The molecule has 1 rings (SSSR count). The molecule has 0 aromatic carbocycles. The normalized spacial score (nSPS) is 12.7. The molecule has 0 aliphatic rings. The van der Waals surface area contributed by atoms with Crippen LogP contribution < -0.4 is 11.3 Å². The summed E-state index contributed by atoms with van der Waals surface area (Å²) in [6.45, 7) is 4.34. The first-order valence-electron chi connectivity index (χ1n) is 8.79. The summed E-state index contributed by atoms with van der Waals surface area (Å²) >= 11 is 0. The van der Waals surface area contributed by atoms with Crippen LogP contribution in [0.1, 0.15) is 94.9 Å². The fourth-order valence-corrected chi connectivity index (χ4v) is 2.87. The molecule has 0 aliphatic carbocycles. The molecule has 1 unspecified atom stereocenters. The van der Waals surface area contributed by atoms with E-state index in [0.717, 1.165) is 12.2 Å². The lowest BCUT2D eigenvalue weighted by Gasteiger charge is -2.14. The van der Waals surface area contributed by atoms with Gasteiger partial charge in [0.1, 0.15) is 5.76 Å². The number of hydrazine groups is 1. The summed E-state index contributed by atoms with van der Waals surface area (Å²) < 4.78 is 5.52. The van der Waals surface area contributed by atoms with Crippen LogP contribution in [0, 0.1) is 6.92 Å². The van der Waals surface area contributed by atoms with Crippen LogP contribution in [0.3, 0.4) is 0 Å². The first kappa shape index (κ1) is 18.2. The molecule has 1 heterocycles. The Morgan fingerprint density at radius 2 is 1.57 bits per heavy atom. The van der Waals surface area contributed by atoms with Crippen molar-refractivity contribution in [3.05, 3.63) is 23.7 Å². The average molecular weight is 294 g/mol. The van der Waals surface area contributed by atoms with Crippen molar-refractivity contribution < 1.29 is 4.42 Å². The van der Waals surface area contributed by atoms with Crippen molar-refractivity contribution in [3.63, 3.8) is 0 Å². The summed E-state index contributed by atoms with van der Waals surface area (Å²) in [6, 6.07) is 2.16. The van der Waals surface area contributed by atoms with Crippen molar-refractivity contribution in [1.29, 1.82) is 0 Å². The number of hydrogen-bond acceptors (Lipinski definition) is 3. The van der Waals surface area contributed by atoms with E-state index in [-0.39, 0.29) is 6.04 Å². The summed E-state index contributed by atoms with van der Waals surface area (Å²) in [6.07, 6.45) is 16.4. The highest BCUT2D eigenvalue weighted by molar-refractivity contribution is 5.17. The maximum atomic E-state index is 5.64. The Balaban J connectivity index is 1.99. The summed E-state index contributed by atoms with van der Waals surface area (Å²) in [7, 11) is 0. The predicted molar refractivity (Wildman–Crippen MR) is 90.0 cm³/mol. The van der Waals surface area contributed by atoms with Gasteiger partial charge in [-0.3, -0.25) is 5.84 Å². The summed E-state index contributed by atoms with van der Waals surface area (Å²) in [5.74, 6) is 6.64. The fraction of sp³-hybridized carbons (Fsp3) is 0.778. The van der Waals surface area contributed by atoms with E-state index in [2.05, 4.69) is 19.3 Å². The molecule has 3 heteroatoms. The lowest BCUT2D eigenvalue weighted by Crippen LogP contribution is -2.28. The van der Waals surface area contributed by atoms with Gasteiger partial charge in [-0.05, 0) is 25.0 Å². The maximum Gasteiger partial charge on any atom is 0.124 e. The third-order valence-corrected chi connectivity index (χ3v) is 4.27. The van der Waals surface area contributed by atoms with Gasteiger partial charge >= 0.3 is 0 Å². The maximum absolute atomic E-state index is 5.64. The van der Waals surface area contributed by atoms with Crippen molar-refractivity contribution in [1.82, 2.24) is 5.43 Å². The van der Waals surface area contributed by atoms with Crippen LogP contribution in [0.15, 0.2) is 16.7 Å². The SMILES string of the molecule is CCCCCCCCCCCCC(NN)c1occc1C. The highest BCUT2D eigenvalue weighted by Crippen LogP contribution is 2.23. The van der Waals surface area contributed by atoms with Crippen LogP contribution in [0.25, 0.3) is 0 Å². The third kappa shape index (κ3) is 7.68. The first-order valence-corrected chi connectivity index (χ1v) is 8.79. The van der Waals surface area contributed by atoms with E-state index in [1.165, 1.54) is 69.8 Å². The second-order valence-corrected chi connectivity index (χ2v) is 6.16. The first-order chi connectivity index (χ1) is 10.3. The zero-order chi connectivity index (χ0) is 15.3. The minimum absolute atomic E-state index is 0.161. The predicted octanol–water partition coefficient (Wildman–Crippen LogP) is 5.40. The van der Waals surface area contributed by atoms with Gasteiger partial charge in [-0.2, -0.15) is 0 Å². The third-order valence-electron chi connectivity index (χ3n) is 4.27. The molecule has 3 N–H and O–H groups in total. The zero-order valence-electron chi connectivity index (χ0n) is 14.0. The van der Waals surface area contributed by atoms with E-state index >= 15 is 0 Å². The number of hydrogen-bond donors (Lipinski definition) is 2. The largest absolute Gasteiger partial charge is 0.467 e. The van der Waals surface area contributed by atoms with E-state index in [4.69, 9.17) is 10.3 Å². The number of nitrogens with one attached hydrogen (secondary N) is 1. The molecular formula is C18H34N2O. The molecule has 0 bridgehead atoms. The standard InChI is InChI=1S/C18H34N2O/c1-3-4-5-6-7-8-9-10-11-12-13-17(20-19)18-16(2)14-15-21-18/h14-15,17,20H,3-13,19H2,1-2H3. The quantitative estimate of drug-likeness (QED) is 0.291. The lowest BCUT2D eigenvalue weighted by molar-refractivity contribution is 0.386. The Bertz CT molecular complexity index is 349. The van der Waals surface area contributed by atoms with E-state index in [1.807, 2.05) is 6.07 Å².